The van der Waals surface area contributed by atoms with E-state index < -0.39 is 5.60 Å². The molecule has 1 rings (SSSR count). The van der Waals surface area contributed by atoms with Crippen molar-refractivity contribution in [3.63, 3.8) is 0 Å². The summed E-state index contributed by atoms with van der Waals surface area (Å²) in [7, 11) is 1.61. The van der Waals surface area contributed by atoms with Gasteiger partial charge in [-0.25, -0.2) is 4.79 Å². The number of amides is 2. The first-order valence-corrected chi connectivity index (χ1v) is 6.71. The quantitative estimate of drug-likeness (QED) is 0.798. The molecule has 20 heavy (non-hydrogen) atoms. The fraction of sp³-hybridized carbons (Fsp3) is 0.533. The highest BCUT2D eigenvalue weighted by atomic mass is 16.5. The Morgan fingerprint density at radius 2 is 2.00 bits per heavy atom. The first-order chi connectivity index (χ1) is 9.48. The van der Waals surface area contributed by atoms with Gasteiger partial charge in [-0.1, -0.05) is 30.3 Å². The minimum absolute atomic E-state index is 0.0616. The lowest BCUT2D eigenvalue weighted by Crippen LogP contribution is -2.46. The fourth-order valence-corrected chi connectivity index (χ4v) is 1.65. The van der Waals surface area contributed by atoms with E-state index >= 15 is 0 Å². The van der Waals surface area contributed by atoms with E-state index in [0.717, 1.165) is 5.56 Å². The Bertz CT molecular complexity index is 407. The third-order valence-corrected chi connectivity index (χ3v) is 3.09. The largest absolute Gasteiger partial charge is 0.395 e. The maximum atomic E-state index is 12.1. The predicted octanol–water partition coefficient (Wildman–Crippen LogP) is 1.62. The lowest BCUT2D eigenvalue weighted by Gasteiger charge is -2.27. The van der Waals surface area contributed by atoms with E-state index in [2.05, 4.69) is 5.32 Å². The lowest BCUT2D eigenvalue weighted by atomic mass is 10.1. The Labute approximate surface area is 120 Å². The van der Waals surface area contributed by atoms with Crippen molar-refractivity contribution in [2.75, 3.05) is 26.8 Å². The van der Waals surface area contributed by atoms with Crippen molar-refractivity contribution in [2.45, 2.75) is 26.0 Å². The monoisotopic (exact) mass is 280 g/mol. The number of urea groups is 1. The summed E-state index contributed by atoms with van der Waals surface area (Å²) in [5.74, 6) is 0. The Morgan fingerprint density at radius 1 is 1.35 bits per heavy atom. The van der Waals surface area contributed by atoms with Crippen LogP contribution in [0, 0.1) is 0 Å². The molecule has 0 atom stereocenters. The molecular formula is C15H24N2O3. The topological polar surface area (TPSA) is 61.8 Å². The maximum Gasteiger partial charge on any atom is 0.317 e. The van der Waals surface area contributed by atoms with Crippen molar-refractivity contribution in [3.8, 4) is 0 Å². The van der Waals surface area contributed by atoms with Crippen molar-refractivity contribution >= 4 is 6.03 Å². The average molecular weight is 280 g/mol. The van der Waals surface area contributed by atoms with E-state index in [1.807, 2.05) is 44.2 Å². The van der Waals surface area contributed by atoms with Gasteiger partial charge in [0.2, 0.25) is 0 Å². The highest BCUT2D eigenvalue weighted by Crippen LogP contribution is 2.07. The standard InChI is InChI=1S/C15H24N2O3/c1-15(2,20-3)12-16-14(19)17(9-10-18)11-13-7-5-4-6-8-13/h4-8,18H,9-12H2,1-3H3,(H,16,19). The van der Waals surface area contributed by atoms with Crippen molar-refractivity contribution in [2.24, 2.45) is 0 Å². The molecule has 0 aliphatic rings. The van der Waals surface area contributed by atoms with Gasteiger partial charge >= 0.3 is 6.03 Å². The average Bonchev–Trinajstić information content (AvgIpc) is 2.45. The number of hydrogen-bond acceptors (Lipinski definition) is 3. The molecule has 0 radical (unpaired) electrons. The van der Waals surface area contributed by atoms with E-state index in [0.29, 0.717) is 19.6 Å². The number of carbonyl (C=O) groups excluding carboxylic acids is 1. The van der Waals surface area contributed by atoms with Gasteiger partial charge < -0.3 is 20.1 Å². The molecule has 0 saturated heterocycles. The molecule has 0 aliphatic heterocycles. The second kappa shape index (κ2) is 7.87. The van der Waals surface area contributed by atoms with E-state index in [4.69, 9.17) is 9.84 Å². The highest BCUT2D eigenvalue weighted by Gasteiger charge is 2.20. The van der Waals surface area contributed by atoms with Crippen molar-refractivity contribution in [1.29, 1.82) is 0 Å². The normalized spacial score (nSPS) is 11.2. The van der Waals surface area contributed by atoms with Crippen molar-refractivity contribution < 1.29 is 14.6 Å². The Balaban J connectivity index is 2.59. The zero-order valence-corrected chi connectivity index (χ0v) is 12.4. The van der Waals surface area contributed by atoms with Crippen LogP contribution >= 0.6 is 0 Å². The molecule has 1 aromatic rings. The first kappa shape index (κ1) is 16.5. The van der Waals surface area contributed by atoms with Gasteiger partial charge in [-0.3, -0.25) is 0 Å². The predicted molar refractivity (Wildman–Crippen MR) is 78.4 cm³/mol. The van der Waals surface area contributed by atoms with Crippen molar-refractivity contribution in [1.82, 2.24) is 10.2 Å². The summed E-state index contributed by atoms with van der Waals surface area (Å²) in [5, 5.41) is 11.9. The summed E-state index contributed by atoms with van der Waals surface area (Å²) in [4.78, 5) is 13.7. The molecule has 0 heterocycles. The zero-order valence-electron chi connectivity index (χ0n) is 12.4. The third-order valence-electron chi connectivity index (χ3n) is 3.09. The summed E-state index contributed by atoms with van der Waals surface area (Å²) in [5.41, 5.74) is 0.620. The van der Waals surface area contributed by atoms with Gasteiger partial charge in [-0.2, -0.15) is 0 Å². The molecule has 0 aliphatic carbocycles. The lowest BCUT2D eigenvalue weighted by molar-refractivity contribution is 0.0241. The van der Waals surface area contributed by atoms with E-state index in [1.54, 1.807) is 12.0 Å². The Kier molecular flexibility index (Phi) is 6.48. The molecular weight excluding hydrogens is 256 g/mol. The fourth-order valence-electron chi connectivity index (χ4n) is 1.65. The highest BCUT2D eigenvalue weighted by molar-refractivity contribution is 5.74. The van der Waals surface area contributed by atoms with Gasteiger partial charge in [0.05, 0.1) is 12.2 Å². The summed E-state index contributed by atoms with van der Waals surface area (Å²) < 4.78 is 5.26. The number of nitrogens with zero attached hydrogens (tertiary/aromatic N) is 1. The SMILES string of the molecule is COC(C)(C)CNC(=O)N(CCO)Cc1ccccc1. The number of aliphatic hydroxyl groups excluding tert-OH is 1. The molecule has 0 saturated carbocycles. The molecule has 2 N–H and O–H groups in total. The molecule has 2 amide bonds. The van der Waals surface area contributed by atoms with Crippen LogP contribution in [0.1, 0.15) is 19.4 Å². The molecule has 0 spiro atoms. The number of carbonyl (C=O) groups is 1. The Morgan fingerprint density at radius 3 is 2.55 bits per heavy atom. The molecule has 0 fully saturated rings. The maximum absolute atomic E-state index is 12.1. The number of ether oxygens (including phenoxy) is 1. The van der Waals surface area contributed by atoms with Gasteiger partial charge in [0.15, 0.2) is 0 Å². The van der Waals surface area contributed by atoms with Gasteiger partial charge in [0, 0.05) is 26.7 Å². The van der Waals surface area contributed by atoms with Crippen LogP contribution in [0.4, 0.5) is 4.79 Å². The second-order valence-corrected chi connectivity index (χ2v) is 5.25. The third kappa shape index (κ3) is 5.59. The summed E-state index contributed by atoms with van der Waals surface area (Å²) in [6, 6.07) is 9.50. The molecule has 5 heteroatoms. The van der Waals surface area contributed by atoms with Crippen LogP contribution in [0.25, 0.3) is 0 Å². The van der Waals surface area contributed by atoms with Crippen LogP contribution in [0.5, 0.6) is 0 Å². The summed E-state index contributed by atoms with van der Waals surface area (Å²) >= 11 is 0. The van der Waals surface area contributed by atoms with Crippen LogP contribution < -0.4 is 5.32 Å². The Hall–Kier alpha value is -1.59. The number of nitrogens with one attached hydrogen (secondary N) is 1. The number of benzene rings is 1. The number of rotatable bonds is 7. The molecule has 112 valence electrons. The van der Waals surface area contributed by atoms with Crippen LogP contribution in [-0.4, -0.2) is 48.4 Å². The molecule has 5 nitrogen and oxygen atoms in total. The molecule has 1 aromatic carbocycles. The number of methoxy groups -OCH3 is 1. The first-order valence-electron chi connectivity index (χ1n) is 6.71. The summed E-state index contributed by atoms with van der Waals surface area (Å²) in [6.45, 7) is 4.93. The van der Waals surface area contributed by atoms with Crippen LogP contribution in [-0.2, 0) is 11.3 Å². The molecule has 0 unspecified atom stereocenters. The molecule has 0 aromatic heterocycles. The summed E-state index contributed by atoms with van der Waals surface area (Å²) in [6.07, 6.45) is 0. The molecule has 0 bridgehead atoms. The van der Waals surface area contributed by atoms with E-state index in [1.165, 1.54) is 0 Å². The smallest absolute Gasteiger partial charge is 0.317 e. The van der Waals surface area contributed by atoms with Gasteiger partial charge in [0.1, 0.15) is 0 Å². The van der Waals surface area contributed by atoms with Crippen LogP contribution in [0.3, 0.4) is 0 Å². The van der Waals surface area contributed by atoms with Gasteiger partial charge in [-0.15, -0.1) is 0 Å². The van der Waals surface area contributed by atoms with Crippen LogP contribution in [0.15, 0.2) is 30.3 Å². The minimum Gasteiger partial charge on any atom is -0.395 e. The minimum atomic E-state index is -0.409. The zero-order chi connectivity index (χ0) is 15.0. The van der Waals surface area contributed by atoms with Crippen molar-refractivity contribution in [3.05, 3.63) is 35.9 Å². The number of hydrogen-bond donors (Lipinski definition) is 2. The number of aliphatic hydroxyl groups is 1. The van der Waals surface area contributed by atoms with E-state index in [9.17, 15) is 4.79 Å². The van der Waals surface area contributed by atoms with Gasteiger partial charge in [-0.05, 0) is 19.4 Å². The van der Waals surface area contributed by atoms with Crippen LogP contribution in [0.2, 0.25) is 0 Å². The van der Waals surface area contributed by atoms with E-state index in [-0.39, 0.29) is 12.6 Å². The second-order valence-electron chi connectivity index (χ2n) is 5.25. The van der Waals surface area contributed by atoms with Gasteiger partial charge in [0.25, 0.3) is 0 Å².